The van der Waals surface area contributed by atoms with Crippen LogP contribution in [0.5, 0.6) is 0 Å². The molecule has 110 valence electrons. The molecule has 0 atom stereocenters. The number of carboxylic acid groups (broad SMARTS) is 1. The van der Waals surface area contributed by atoms with Gasteiger partial charge >= 0.3 is 5.97 Å². The van der Waals surface area contributed by atoms with E-state index in [-0.39, 0.29) is 5.56 Å². The number of rotatable bonds is 5. The first-order valence-electron chi connectivity index (χ1n) is 5.37. The Bertz CT molecular complexity index is 635. The summed E-state index contributed by atoms with van der Waals surface area (Å²) in [5.41, 5.74) is -2.16. The second-order valence-corrected chi connectivity index (χ2v) is 4.39. The van der Waals surface area contributed by atoms with Crippen molar-refractivity contribution < 1.29 is 19.7 Å². The SMILES string of the molecule is CC(=S)NC=Cc1c(C(=O)O)cc([N+](=O)[O-])cc1[N+](=O)[O-]. The van der Waals surface area contributed by atoms with Crippen LogP contribution in [0.3, 0.4) is 0 Å². The van der Waals surface area contributed by atoms with Crippen molar-refractivity contribution in [3.05, 3.63) is 49.7 Å². The van der Waals surface area contributed by atoms with Crippen LogP contribution in [0.25, 0.3) is 6.08 Å². The summed E-state index contributed by atoms with van der Waals surface area (Å²) in [6, 6.07) is 1.47. The molecule has 9 nitrogen and oxygen atoms in total. The molecule has 21 heavy (non-hydrogen) atoms. The number of carboxylic acids is 1. The van der Waals surface area contributed by atoms with Gasteiger partial charge in [-0.25, -0.2) is 4.79 Å². The number of benzene rings is 1. The Morgan fingerprint density at radius 3 is 2.38 bits per heavy atom. The van der Waals surface area contributed by atoms with E-state index in [0.29, 0.717) is 11.1 Å². The summed E-state index contributed by atoms with van der Waals surface area (Å²) in [7, 11) is 0. The van der Waals surface area contributed by atoms with Crippen LogP contribution in [0.1, 0.15) is 22.8 Å². The van der Waals surface area contributed by atoms with Crippen LogP contribution < -0.4 is 5.32 Å². The van der Waals surface area contributed by atoms with Crippen LogP contribution in [-0.4, -0.2) is 25.9 Å². The average molecular weight is 311 g/mol. The Labute approximate surface area is 123 Å². The van der Waals surface area contributed by atoms with Gasteiger partial charge in [-0.05, 0) is 13.0 Å². The molecule has 0 aliphatic carbocycles. The van der Waals surface area contributed by atoms with E-state index in [2.05, 4.69) is 5.32 Å². The zero-order chi connectivity index (χ0) is 16.2. The molecule has 0 bridgehead atoms. The lowest BCUT2D eigenvalue weighted by Crippen LogP contribution is -2.10. The van der Waals surface area contributed by atoms with Gasteiger partial charge < -0.3 is 10.4 Å². The molecule has 1 aromatic carbocycles. The first kappa shape index (κ1) is 16.2. The zero-order valence-electron chi connectivity index (χ0n) is 10.6. The number of aromatic carboxylic acids is 1. The van der Waals surface area contributed by atoms with Crippen LogP contribution in [0.2, 0.25) is 0 Å². The predicted octanol–water partition coefficient (Wildman–Crippen LogP) is 2.11. The molecule has 0 aliphatic heterocycles. The molecular weight excluding hydrogens is 302 g/mol. The lowest BCUT2D eigenvalue weighted by molar-refractivity contribution is -0.394. The maximum atomic E-state index is 11.1. The Morgan fingerprint density at radius 1 is 1.33 bits per heavy atom. The van der Waals surface area contributed by atoms with Gasteiger partial charge in [0.05, 0.1) is 32.0 Å². The van der Waals surface area contributed by atoms with Crippen molar-refractivity contribution >= 4 is 40.6 Å². The van der Waals surface area contributed by atoms with Crippen LogP contribution in [0, 0.1) is 20.2 Å². The van der Waals surface area contributed by atoms with Gasteiger partial charge in [0.1, 0.15) is 0 Å². The third-order valence-corrected chi connectivity index (χ3v) is 2.44. The van der Waals surface area contributed by atoms with Crippen molar-refractivity contribution in [1.82, 2.24) is 5.32 Å². The molecule has 1 rings (SSSR count). The highest BCUT2D eigenvalue weighted by atomic mass is 32.1. The maximum Gasteiger partial charge on any atom is 0.336 e. The van der Waals surface area contributed by atoms with E-state index in [4.69, 9.17) is 17.3 Å². The van der Waals surface area contributed by atoms with Gasteiger partial charge in [-0.1, -0.05) is 12.2 Å². The van der Waals surface area contributed by atoms with Crippen molar-refractivity contribution in [3.8, 4) is 0 Å². The lowest BCUT2D eigenvalue weighted by Gasteiger charge is -2.04. The molecule has 0 saturated heterocycles. The minimum absolute atomic E-state index is 0.262. The van der Waals surface area contributed by atoms with Crippen molar-refractivity contribution in [3.63, 3.8) is 0 Å². The molecule has 0 aliphatic rings. The Morgan fingerprint density at radius 2 is 1.95 bits per heavy atom. The van der Waals surface area contributed by atoms with Crippen LogP contribution in [0.4, 0.5) is 11.4 Å². The van der Waals surface area contributed by atoms with Gasteiger partial charge in [-0.15, -0.1) is 0 Å². The average Bonchev–Trinajstić information content (AvgIpc) is 2.37. The standard InChI is InChI=1S/C11H9N3O6S/c1-6(21)12-3-2-8-9(11(15)16)4-7(13(17)18)5-10(8)14(19)20/h2-5H,1H3,(H,12,21)(H,15,16). The molecule has 0 fully saturated rings. The zero-order valence-corrected chi connectivity index (χ0v) is 11.4. The van der Waals surface area contributed by atoms with E-state index in [9.17, 15) is 25.0 Å². The monoisotopic (exact) mass is 311 g/mol. The van der Waals surface area contributed by atoms with Gasteiger partial charge in [0, 0.05) is 12.3 Å². The molecule has 0 saturated carbocycles. The number of hydrogen-bond acceptors (Lipinski definition) is 6. The minimum Gasteiger partial charge on any atom is -0.478 e. The fourth-order valence-corrected chi connectivity index (χ4v) is 1.54. The molecule has 1 aromatic rings. The van der Waals surface area contributed by atoms with Crippen molar-refractivity contribution in [2.75, 3.05) is 0 Å². The summed E-state index contributed by atoms with van der Waals surface area (Å²) < 4.78 is 0. The van der Waals surface area contributed by atoms with Gasteiger partial charge in [-0.2, -0.15) is 0 Å². The fraction of sp³-hybridized carbons (Fsp3) is 0.0909. The normalized spacial score (nSPS) is 10.3. The van der Waals surface area contributed by atoms with Gasteiger partial charge in [0.2, 0.25) is 0 Å². The van der Waals surface area contributed by atoms with Crippen molar-refractivity contribution in [2.45, 2.75) is 6.92 Å². The van der Waals surface area contributed by atoms with Gasteiger partial charge in [-0.3, -0.25) is 20.2 Å². The minimum atomic E-state index is -1.51. The van der Waals surface area contributed by atoms with Gasteiger partial charge in [0.25, 0.3) is 11.4 Å². The van der Waals surface area contributed by atoms with Gasteiger partial charge in [0.15, 0.2) is 0 Å². The molecule has 0 radical (unpaired) electrons. The molecule has 10 heteroatoms. The first-order valence-corrected chi connectivity index (χ1v) is 5.78. The smallest absolute Gasteiger partial charge is 0.336 e. The van der Waals surface area contributed by atoms with Crippen LogP contribution >= 0.6 is 12.2 Å². The summed E-state index contributed by atoms with van der Waals surface area (Å²) in [6.45, 7) is 1.56. The molecule has 0 amide bonds. The molecule has 2 N–H and O–H groups in total. The maximum absolute atomic E-state index is 11.1. The highest BCUT2D eigenvalue weighted by Gasteiger charge is 2.25. The van der Waals surface area contributed by atoms with E-state index in [1.165, 1.54) is 6.20 Å². The third kappa shape index (κ3) is 4.04. The van der Waals surface area contributed by atoms with Crippen LogP contribution in [0.15, 0.2) is 18.3 Å². The summed E-state index contributed by atoms with van der Waals surface area (Å²) in [6.07, 6.45) is 2.35. The Balaban J connectivity index is 3.53. The summed E-state index contributed by atoms with van der Waals surface area (Å²) in [5, 5.41) is 33.3. The largest absolute Gasteiger partial charge is 0.478 e. The number of nitrogens with zero attached hydrogens (tertiary/aromatic N) is 2. The summed E-state index contributed by atoms with van der Waals surface area (Å²) in [4.78, 5) is 31.4. The number of nitro benzene ring substituents is 2. The molecule has 0 aromatic heterocycles. The Hall–Kier alpha value is -2.88. The number of nitrogens with one attached hydrogen (secondary N) is 1. The van der Waals surface area contributed by atoms with E-state index in [0.717, 1.165) is 12.1 Å². The molecule has 0 heterocycles. The van der Waals surface area contributed by atoms with E-state index < -0.39 is 32.8 Å². The van der Waals surface area contributed by atoms with E-state index in [1.807, 2.05) is 0 Å². The highest BCUT2D eigenvalue weighted by molar-refractivity contribution is 7.80. The second-order valence-electron chi connectivity index (χ2n) is 3.78. The quantitative estimate of drug-likeness (QED) is 0.479. The summed E-state index contributed by atoms with van der Waals surface area (Å²) >= 11 is 4.73. The molecular formula is C11H9N3O6S. The number of carbonyl (C=O) groups is 1. The fourth-order valence-electron chi connectivity index (χ4n) is 1.47. The topological polar surface area (TPSA) is 136 Å². The number of hydrogen-bond donors (Lipinski definition) is 2. The molecule has 0 unspecified atom stereocenters. The first-order chi connectivity index (χ1) is 9.73. The number of thiocarbonyl (C=S) groups is 1. The third-order valence-electron chi connectivity index (χ3n) is 2.32. The van der Waals surface area contributed by atoms with Crippen LogP contribution in [-0.2, 0) is 0 Å². The second kappa shape index (κ2) is 6.52. The lowest BCUT2D eigenvalue weighted by atomic mass is 10.0. The highest BCUT2D eigenvalue weighted by Crippen LogP contribution is 2.29. The van der Waals surface area contributed by atoms with E-state index >= 15 is 0 Å². The number of nitro groups is 2. The summed E-state index contributed by atoms with van der Waals surface area (Å²) in [5.74, 6) is -1.51. The molecule has 0 spiro atoms. The predicted molar refractivity (Wildman–Crippen MR) is 77.2 cm³/mol. The Kier molecular flexibility index (Phi) is 5.02. The van der Waals surface area contributed by atoms with E-state index in [1.54, 1.807) is 6.92 Å². The van der Waals surface area contributed by atoms with Crippen molar-refractivity contribution in [1.29, 1.82) is 0 Å². The van der Waals surface area contributed by atoms with Crippen molar-refractivity contribution in [2.24, 2.45) is 0 Å². The number of non-ortho nitro benzene ring substituents is 1.